The topological polar surface area (TPSA) is 104 Å². The minimum Gasteiger partial charge on any atom is -0.491 e. The molecule has 1 unspecified atom stereocenters. The fourth-order valence-corrected chi connectivity index (χ4v) is 6.10. The standard InChI is InChI=1S/C24H29F3N4O5S2/c1-17-29-20-14-19(6-7-22(20)37-17)35-16-18(32)15-31-12-10-30(11-13-31)9-8-28-38(33,34)23-5-3-2-4-21(23)36-24(25,26)27/h2-7,14,18,28,32H,8-13,15-16H2,1H3. The van der Waals surface area contributed by atoms with Crippen molar-refractivity contribution in [1.82, 2.24) is 19.5 Å². The summed E-state index contributed by atoms with van der Waals surface area (Å²) in [7, 11) is -4.19. The number of aliphatic hydroxyl groups is 1. The van der Waals surface area contributed by atoms with Crippen LogP contribution in [-0.4, -0.2) is 93.2 Å². The third-order valence-electron chi connectivity index (χ3n) is 5.93. The molecule has 0 saturated carbocycles. The van der Waals surface area contributed by atoms with Gasteiger partial charge in [-0.3, -0.25) is 9.80 Å². The van der Waals surface area contributed by atoms with Crippen molar-refractivity contribution in [3.63, 3.8) is 0 Å². The van der Waals surface area contributed by atoms with Gasteiger partial charge >= 0.3 is 6.36 Å². The van der Waals surface area contributed by atoms with E-state index < -0.39 is 33.1 Å². The van der Waals surface area contributed by atoms with Gasteiger partial charge in [-0.1, -0.05) is 12.1 Å². The van der Waals surface area contributed by atoms with Gasteiger partial charge in [-0.2, -0.15) is 0 Å². The quantitative estimate of drug-likeness (QED) is 0.361. The number of aromatic nitrogens is 1. The minimum atomic E-state index is -5.00. The highest BCUT2D eigenvalue weighted by atomic mass is 32.2. The molecule has 0 bridgehead atoms. The Kier molecular flexibility index (Phi) is 9.11. The zero-order chi connectivity index (χ0) is 27.3. The summed E-state index contributed by atoms with van der Waals surface area (Å²) in [6.07, 6.45) is -5.68. The van der Waals surface area contributed by atoms with Crippen molar-refractivity contribution >= 4 is 31.6 Å². The second-order valence-corrected chi connectivity index (χ2v) is 11.8. The van der Waals surface area contributed by atoms with E-state index in [1.54, 1.807) is 11.3 Å². The Hall–Kier alpha value is -2.49. The number of rotatable bonds is 11. The molecular formula is C24H29F3N4O5S2. The summed E-state index contributed by atoms with van der Waals surface area (Å²) >= 11 is 1.61. The van der Waals surface area contributed by atoms with Crippen LogP contribution in [0.25, 0.3) is 10.2 Å². The fourth-order valence-electron chi connectivity index (χ4n) is 4.15. The number of aliphatic hydroxyl groups excluding tert-OH is 1. The summed E-state index contributed by atoms with van der Waals surface area (Å²) in [6, 6.07) is 10.3. The number of para-hydroxylation sites is 1. The molecule has 2 heterocycles. The Morgan fingerprint density at radius 1 is 1.13 bits per heavy atom. The van der Waals surface area contributed by atoms with Gasteiger partial charge in [0, 0.05) is 51.9 Å². The third-order valence-corrected chi connectivity index (χ3v) is 8.38. The average molecular weight is 575 g/mol. The number of benzene rings is 2. The number of piperazine rings is 1. The summed E-state index contributed by atoms with van der Waals surface area (Å²) in [4.78, 5) is 8.03. The van der Waals surface area contributed by atoms with Gasteiger partial charge in [0.15, 0.2) is 0 Å². The van der Waals surface area contributed by atoms with Crippen molar-refractivity contribution in [3.8, 4) is 11.5 Å². The van der Waals surface area contributed by atoms with E-state index >= 15 is 0 Å². The van der Waals surface area contributed by atoms with Gasteiger partial charge in [0.2, 0.25) is 10.0 Å². The molecule has 14 heteroatoms. The third kappa shape index (κ3) is 8.01. The van der Waals surface area contributed by atoms with Crippen molar-refractivity contribution in [1.29, 1.82) is 0 Å². The Morgan fingerprint density at radius 2 is 1.84 bits per heavy atom. The minimum absolute atomic E-state index is 0.0298. The van der Waals surface area contributed by atoms with Crippen LogP contribution in [0.3, 0.4) is 0 Å². The molecule has 2 aromatic carbocycles. The zero-order valence-electron chi connectivity index (χ0n) is 20.6. The smallest absolute Gasteiger partial charge is 0.491 e. The molecule has 0 amide bonds. The van der Waals surface area contributed by atoms with Gasteiger partial charge in [-0.25, -0.2) is 18.1 Å². The van der Waals surface area contributed by atoms with E-state index in [1.807, 2.05) is 30.0 Å². The van der Waals surface area contributed by atoms with E-state index in [0.29, 0.717) is 45.0 Å². The number of hydrogen-bond donors (Lipinski definition) is 2. The summed E-state index contributed by atoms with van der Waals surface area (Å²) in [5, 5.41) is 11.4. The maximum atomic E-state index is 12.6. The number of hydrogen-bond acceptors (Lipinski definition) is 9. The van der Waals surface area contributed by atoms with Gasteiger partial charge in [-0.05, 0) is 31.2 Å². The molecular weight excluding hydrogens is 545 g/mol. The van der Waals surface area contributed by atoms with Crippen LogP contribution in [0.1, 0.15) is 5.01 Å². The fraction of sp³-hybridized carbons (Fsp3) is 0.458. The van der Waals surface area contributed by atoms with Crippen LogP contribution in [0.4, 0.5) is 13.2 Å². The Labute approximate surface area is 222 Å². The van der Waals surface area contributed by atoms with Crippen LogP contribution in [-0.2, 0) is 10.0 Å². The largest absolute Gasteiger partial charge is 0.573 e. The first kappa shape index (κ1) is 28.5. The summed E-state index contributed by atoms with van der Waals surface area (Å²) in [5.74, 6) is -0.121. The number of alkyl halides is 3. The number of aryl methyl sites for hydroxylation is 1. The molecule has 9 nitrogen and oxygen atoms in total. The highest BCUT2D eigenvalue weighted by Gasteiger charge is 2.34. The lowest BCUT2D eigenvalue weighted by molar-refractivity contribution is -0.275. The summed E-state index contributed by atoms with van der Waals surface area (Å²) in [6.45, 7) is 5.62. The molecule has 208 valence electrons. The van der Waals surface area contributed by atoms with Crippen LogP contribution in [0.5, 0.6) is 11.5 Å². The lowest BCUT2D eigenvalue weighted by Gasteiger charge is -2.35. The van der Waals surface area contributed by atoms with E-state index in [1.165, 1.54) is 12.1 Å². The van der Waals surface area contributed by atoms with E-state index in [2.05, 4.69) is 19.3 Å². The van der Waals surface area contributed by atoms with Gasteiger partial charge in [-0.15, -0.1) is 24.5 Å². The van der Waals surface area contributed by atoms with E-state index in [9.17, 15) is 26.7 Å². The van der Waals surface area contributed by atoms with Gasteiger partial charge < -0.3 is 14.6 Å². The van der Waals surface area contributed by atoms with Crippen LogP contribution >= 0.6 is 11.3 Å². The maximum Gasteiger partial charge on any atom is 0.573 e. The van der Waals surface area contributed by atoms with Gasteiger partial charge in [0.1, 0.15) is 29.1 Å². The first-order valence-corrected chi connectivity index (χ1v) is 14.3. The van der Waals surface area contributed by atoms with Crippen molar-refractivity contribution in [2.75, 3.05) is 52.4 Å². The van der Waals surface area contributed by atoms with Crippen LogP contribution in [0.2, 0.25) is 0 Å². The Balaban J connectivity index is 1.17. The predicted molar refractivity (Wildman–Crippen MR) is 137 cm³/mol. The highest BCUT2D eigenvalue weighted by Crippen LogP contribution is 2.29. The molecule has 1 aromatic heterocycles. The first-order chi connectivity index (χ1) is 18.0. The number of halogens is 3. The van der Waals surface area contributed by atoms with Crippen LogP contribution in [0.15, 0.2) is 47.4 Å². The highest BCUT2D eigenvalue weighted by molar-refractivity contribution is 7.89. The van der Waals surface area contributed by atoms with Crippen molar-refractivity contribution in [2.45, 2.75) is 24.3 Å². The molecule has 0 spiro atoms. The molecule has 0 aliphatic carbocycles. The molecule has 1 aliphatic rings. The molecule has 2 N–H and O–H groups in total. The van der Waals surface area contributed by atoms with E-state index in [0.717, 1.165) is 27.4 Å². The second-order valence-electron chi connectivity index (χ2n) is 8.86. The Morgan fingerprint density at radius 3 is 2.58 bits per heavy atom. The van der Waals surface area contributed by atoms with E-state index in [4.69, 9.17) is 4.74 Å². The molecule has 1 fully saturated rings. The number of ether oxygens (including phenoxy) is 2. The number of β-amino-alcohol motifs (C(OH)–C–C–N with tert-alkyl or cyclic N) is 1. The number of nitrogens with one attached hydrogen (secondary N) is 1. The van der Waals surface area contributed by atoms with Crippen LogP contribution < -0.4 is 14.2 Å². The number of nitrogens with zero attached hydrogens (tertiary/aromatic N) is 3. The zero-order valence-corrected chi connectivity index (χ0v) is 22.3. The summed E-state index contributed by atoms with van der Waals surface area (Å²) in [5.41, 5.74) is 0.872. The maximum absolute atomic E-state index is 12.6. The average Bonchev–Trinajstić information content (AvgIpc) is 3.22. The normalized spacial score (nSPS) is 16.6. The number of fused-ring (bicyclic) bond motifs is 1. The van der Waals surface area contributed by atoms with E-state index in [-0.39, 0.29) is 13.2 Å². The molecule has 1 saturated heterocycles. The molecule has 1 aliphatic heterocycles. The second kappa shape index (κ2) is 12.1. The van der Waals surface area contributed by atoms with Gasteiger partial charge in [0.05, 0.1) is 15.2 Å². The summed E-state index contributed by atoms with van der Waals surface area (Å²) < 4.78 is 76.0. The molecule has 38 heavy (non-hydrogen) atoms. The van der Waals surface area contributed by atoms with Crippen molar-refractivity contribution in [3.05, 3.63) is 47.5 Å². The molecule has 4 rings (SSSR count). The monoisotopic (exact) mass is 574 g/mol. The predicted octanol–water partition coefficient (Wildman–Crippen LogP) is 2.84. The van der Waals surface area contributed by atoms with Crippen molar-refractivity contribution < 1.29 is 36.2 Å². The van der Waals surface area contributed by atoms with Crippen LogP contribution in [0, 0.1) is 6.92 Å². The lowest BCUT2D eigenvalue weighted by Crippen LogP contribution is -2.50. The first-order valence-electron chi connectivity index (χ1n) is 12.0. The molecule has 0 radical (unpaired) electrons. The molecule has 1 atom stereocenters. The number of thiazole rings is 1. The number of sulfonamides is 1. The molecule has 3 aromatic rings. The lowest BCUT2D eigenvalue weighted by atomic mass is 10.2. The van der Waals surface area contributed by atoms with Crippen molar-refractivity contribution in [2.24, 2.45) is 0 Å². The Bertz CT molecular complexity index is 1330. The SMILES string of the molecule is Cc1nc2cc(OCC(O)CN3CCN(CCNS(=O)(=O)c4ccccc4OC(F)(F)F)CC3)ccc2s1. The van der Waals surface area contributed by atoms with Gasteiger partial charge in [0.25, 0.3) is 0 Å².